The van der Waals surface area contributed by atoms with Gasteiger partial charge in [0.2, 0.25) is 0 Å². The Morgan fingerprint density at radius 3 is 2.21 bits per heavy atom. The average molecular weight is 445 g/mol. The van der Waals surface area contributed by atoms with Crippen LogP contribution in [0.25, 0.3) is 59.3 Å². The highest BCUT2D eigenvalue weighted by molar-refractivity contribution is 7.21. The highest BCUT2D eigenvalue weighted by Crippen LogP contribution is 2.34. The van der Waals surface area contributed by atoms with Crippen LogP contribution in [-0.4, -0.2) is 9.55 Å². The maximum Gasteiger partial charge on any atom is 0.346 e. The number of hydrogen-bond donors (Lipinski definition) is 0. The molecule has 3 aromatic heterocycles. The van der Waals surface area contributed by atoms with Crippen LogP contribution in [0.15, 0.2) is 106 Å². The number of thiazole rings is 1. The fraction of sp³-hybridized carbons (Fsp3) is 0. The molecule has 0 saturated carbocycles. The maximum absolute atomic E-state index is 12.9. The van der Waals surface area contributed by atoms with E-state index in [1.54, 1.807) is 0 Å². The first kappa shape index (κ1) is 18.4. The van der Waals surface area contributed by atoms with E-state index >= 15 is 0 Å². The van der Waals surface area contributed by atoms with Crippen LogP contribution < -0.4 is 5.63 Å². The summed E-state index contributed by atoms with van der Waals surface area (Å²) in [5, 5.41) is 3.94. The normalized spacial score (nSPS) is 11.8. The van der Waals surface area contributed by atoms with Gasteiger partial charge in [-0.2, -0.15) is 0 Å². The highest BCUT2D eigenvalue weighted by Gasteiger charge is 2.15. The van der Waals surface area contributed by atoms with E-state index in [0.29, 0.717) is 16.2 Å². The first-order valence-electron chi connectivity index (χ1n) is 10.7. The lowest BCUT2D eigenvalue weighted by molar-refractivity contribution is 0.563. The summed E-state index contributed by atoms with van der Waals surface area (Å²) in [6, 6.07) is 32.5. The Bertz CT molecular complexity index is 1820. The first-order chi connectivity index (χ1) is 16.3. The summed E-state index contributed by atoms with van der Waals surface area (Å²) < 4.78 is 9.07. The third-order valence-corrected chi connectivity index (χ3v) is 7.15. The van der Waals surface area contributed by atoms with Crippen molar-refractivity contribution in [3.8, 4) is 16.3 Å². The van der Waals surface area contributed by atoms with E-state index in [4.69, 9.17) is 4.42 Å². The van der Waals surface area contributed by atoms with Crippen molar-refractivity contribution in [3.63, 3.8) is 0 Å². The van der Waals surface area contributed by atoms with Gasteiger partial charge in [0.25, 0.3) is 0 Å². The number of fused-ring (bicyclic) bond motifs is 5. The Morgan fingerprint density at radius 1 is 0.758 bits per heavy atom. The zero-order valence-corrected chi connectivity index (χ0v) is 18.2. The molecule has 0 N–H and O–H groups in total. The smallest absolute Gasteiger partial charge is 0.346 e. The third-order valence-electron chi connectivity index (χ3n) is 6.08. The molecule has 5 heteroatoms. The van der Waals surface area contributed by atoms with Crippen molar-refractivity contribution in [2.24, 2.45) is 0 Å². The molecule has 0 radical (unpaired) electrons. The molecule has 0 unspecified atom stereocenters. The van der Waals surface area contributed by atoms with Crippen LogP contribution in [0.4, 0.5) is 0 Å². The summed E-state index contributed by atoms with van der Waals surface area (Å²) in [4.78, 5) is 17.6. The maximum atomic E-state index is 12.9. The fourth-order valence-corrected chi connectivity index (χ4v) is 5.55. The van der Waals surface area contributed by atoms with Crippen LogP contribution in [-0.2, 0) is 0 Å². The SMILES string of the molecule is O=c1oc2cc(-n3c4ccccc4c4ccccc43)ccc2cc1-c1nc2ccccc2s1. The lowest BCUT2D eigenvalue weighted by atomic mass is 10.1. The standard InChI is InChI=1S/C28H16N2O2S/c31-28-21(27-29-22-9-3-6-12-26(22)33-27)15-17-13-14-18(16-25(17)32-28)30-23-10-4-1-7-19(23)20-8-2-5-11-24(20)30/h1-16H. The Labute approximate surface area is 192 Å². The Hall–Kier alpha value is -4.22. The van der Waals surface area contributed by atoms with Crippen molar-refractivity contribution < 1.29 is 4.42 Å². The molecule has 33 heavy (non-hydrogen) atoms. The molecule has 0 aliphatic heterocycles. The van der Waals surface area contributed by atoms with Gasteiger partial charge in [0.1, 0.15) is 10.6 Å². The van der Waals surface area contributed by atoms with Gasteiger partial charge in [-0.05, 0) is 42.5 Å². The van der Waals surface area contributed by atoms with E-state index < -0.39 is 0 Å². The van der Waals surface area contributed by atoms with Crippen molar-refractivity contribution in [2.75, 3.05) is 0 Å². The predicted octanol–water partition coefficient (Wildman–Crippen LogP) is 7.17. The van der Waals surface area contributed by atoms with E-state index in [1.807, 2.05) is 54.6 Å². The van der Waals surface area contributed by atoms with Crippen molar-refractivity contribution in [2.45, 2.75) is 0 Å². The van der Waals surface area contributed by atoms with Gasteiger partial charge < -0.3 is 8.98 Å². The number of hydrogen-bond acceptors (Lipinski definition) is 4. The van der Waals surface area contributed by atoms with E-state index in [-0.39, 0.29) is 5.63 Å². The van der Waals surface area contributed by atoms with Gasteiger partial charge in [0.15, 0.2) is 0 Å². The molecule has 0 aliphatic carbocycles. The van der Waals surface area contributed by atoms with Crippen molar-refractivity contribution in [1.29, 1.82) is 0 Å². The molecule has 4 aromatic carbocycles. The van der Waals surface area contributed by atoms with E-state index in [1.165, 1.54) is 22.1 Å². The minimum absolute atomic E-state index is 0.374. The quantitative estimate of drug-likeness (QED) is 0.266. The van der Waals surface area contributed by atoms with Crippen LogP contribution in [0.1, 0.15) is 0 Å². The Kier molecular flexibility index (Phi) is 3.83. The number of nitrogens with zero attached hydrogens (tertiary/aromatic N) is 2. The second kappa shape index (κ2) is 6.89. The van der Waals surface area contributed by atoms with Crippen LogP contribution in [0, 0.1) is 0 Å². The number of para-hydroxylation sites is 3. The fourth-order valence-electron chi connectivity index (χ4n) is 4.58. The topological polar surface area (TPSA) is 48.0 Å². The molecule has 0 saturated heterocycles. The zero-order chi connectivity index (χ0) is 21.9. The van der Waals surface area contributed by atoms with Gasteiger partial charge in [-0.3, -0.25) is 0 Å². The first-order valence-corrected chi connectivity index (χ1v) is 11.5. The molecule has 0 aliphatic rings. The summed E-state index contributed by atoms with van der Waals surface area (Å²) in [5.41, 5.74) is 4.76. The molecule has 3 heterocycles. The molecule has 0 atom stereocenters. The molecule has 7 aromatic rings. The van der Waals surface area contributed by atoms with Gasteiger partial charge >= 0.3 is 5.63 Å². The summed E-state index contributed by atoms with van der Waals surface area (Å²) in [7, 11) is 0. The van der Waals surface area contributed by atoms with Crippen LogP contribution in [0.2, 0.25) is 0 Å². The minimum atomic E-state index is -0.374. The Morgan fingerprint density at radius 2 is 1.45 bits per heavy atom. The predicted molar refractivity (Wildman–Crippen MR) is 135 cm³/mol. The number of aromatic nitrogens is 2. The molecule has 0 spiro atoms. The van der Waals surface area contributed by atoms with Gasteiger partial charge in [0, 0.05) is 27.9 Å². The molecule has 156 valence electrons. The Balaban J connectivity index is 1.44. The highest BCUT2D eigenvalue weighted by atomic mass is 32.1. The zero-order valence-electron chi connectivity index (χ0n) is 17.4. The van der Waals surface area contributed by atoms with Crippen molar-refractivity contribution in [3.05, 3.63) is 107 Å². The van der Waals surface area contributed by atoms with Gasteiger partial charge in [0.05, 0.1) is 26.8 Å². The number of benzene rings is 4. The summed E-state index contributed by atoms with van der Waals surface area (Å²) in [6.45, 7) is 0. The molecule has 0 amide bonds. The van der Waals surface area contributed by atoms with Gasteiger partial charge in [-0.25, -0.2) is 9.78 Å². The molecule has 4 nitrogen and oxygen atoms in total. The van der Waals surface area contributed by atoms with E-state index in [0.717, 1.165) is 32.3 Å². The summed E-state index contributed by atoms with van der Waals surface area (Å²) >= 11 is 1.50. The third kappa shape index (κ3) is 2.76. The largest absolute Gasteiger partial charge is 0.422 e. The molecule has 7 rings (SSSR count). The van der Waals surface area contributed by atoms with Gasteiger partial charge in [-0.1, -0.05) is 48.5 Å². The lowest BCUT2D eigenvalue weighted by Crippen LogP contribution is -2.03. The van der Waals surface area contributed by atoms with E-state index in [9.17, 15) is 4.79 Å². The second-order valence-corrected chi connectivity index (χ2v) is 9.06. The van der Waals surface area contributed by atoms with E-state index in [2.05, 4.69) is 52.0 Å². The monoisotopic (exact) mass is 444 g/mol. The molecular weight excluding hydrogens is 428 g/mol. The average Bonchev–Trinajstić information content (AvgIpc) is 3.42. The molecular formula is C28H16N2O2S. The van der Waals surface area contributed by atoms with Crippen LogP contribution in [0.3, 0.4) is 0 Å². The second-order valence-electron chi connectivity index (χ2n) is 8.03. The van der Waals surface area contributed by atoms with Gasteiger partial charge in [-0.15, -0.1) is 11.3 Å². The summed E-state index contributed by atoms with van der Waals surface area (Å²) in [5.74, 6) is 0. The molecule has 0 fully saturated rings. The minimum Gasteiger partial charge on any atom is -0.422 e. The number of rotatable bonds is 2. The van der Waals surface area contributed by atoms with Crippen LogP contribution >= 0.6 is 11.3 Å². The van der Waals surface area contributed by atoms with Crippen molar-refractivity contribution >= 4 is 54.3 Å². The lowest BCUT2D eigenvalue weighted by Gasteiger charge is -2.09. The molecule has 0 bridgehead atoms. The van der Waals surface area contributed by atoms with Crippen LogP contribution in [0.5, 0.6) is 0 Å². The summed E-state index contributed by atoms with van der Waals surface area (Å²) in [6.07, 6.45) is 0. The van der Waals surface area contributed by atoms with Crippen molar-refractivity contribution in [1.82, 2.24) is 9.55 Å².